The van der Waals surface area contributed by atoms with Crippen LogP contribution in [0.5, 0.6) is 0 Å². The molecule has 8 heteroatoms. The minimum Gasteiger partial charge on any atom is -0.373 e. The molecule has 3 fully saturated rings. The van der Waals surface area contributed by atoms with Crippen molar-refractivity contribution in [3.63, 3.8) is 0 Å². The Morgan fingerprint density at radius 1 is 1.06 bits per heavy atom. The summed E-state index contributed by atoms with van der Waals surface area (Å²) in [4.78, 5) is 23.3. The minimum absolute atomic E-state index is 0. The number of amides is 1. The number of nitrogens with zero attached hydrogens (tertiary/aromatic N) is 4. The SMILES string of the molecule is CN=C(NCc1ccc(N2CCCC2=O)cc1)N1CC2OCCN(Cc3ccccc3)C2C1.I. The van der Waals surface area contributed by atoms with Crippen molar-refractivity contribution in [2.45, 2.75) is 38.1 Å². The van der Waals surface area contributed by atoms with E-state index in [1.807, 2.05) is 24.1 Å². The van der Waals surface area contributed by atoms with Gasteiger partial charge in [-0.15, -0.1) is 24.0 Å². The van der Waals surface area contributed by atoms with E-state index in [1.165, 1.54) is 11.1 Å². The van der Waals surface area contributed by atoms with Gasteiger partial charge < -0.3 is 19.9 Å². The molecule has 0 aromatic heterocycles. The van der Waals surface area contributed by atoms with E-state index in [1.54, 1.807) is 0 Å². The number of ether oxygens (including phenoxy) is 1. The lowest BCUT2D eigenvalue weighted by atomic mass is 10.1. The van der Waals surface area contributed by atoms with Gasteiger partial charge >= 0.3 is 0 Å². The van der Waals surface area contributed by atoms with E-state index >= 15 is 0 Å². The Morgan fingerprint density at radius 2 is 1.85 bits per heavy atom. The predicted molar refractivity (Wildman–Crippen MR) is 146 cm³/mol. The van der Waals surface area contributed by atoms with Crippen LogP contribution in [0.4, 0.5) is 5.69 Å². The molecule has 3 aliphatic rings. The first-order chi connectivity index (χ1) is 16.2. The largest absolute Gasteiger partial charge is 0.373 e. The fourth-order valence-corrected chi connectivity index (χ4v) is 5.17. The number of benzene rings is 2. The van der Waals surface area contributed by atoms with Gasteiger partial charge in [0, 0.05) is 58.4 Å². The van der Waals surface area contributed by atoms with Crippen molar-refractivity contribution in [1.29, 1.82) is 0 Å². The second-order valence-corrected chi connectivity index (χ2v) is 9.05. The van der Waals surface area contributed by atoms with Crippen molar-refractivity contribution in [3.05, 3.63) is 65.7 Å². The molecule has 2 aromatic carbocycles. The van der Waals surface area contributed by atoms with E-state index in [0.717, 1.165) is 57.4 Å². The molecule has 1 amide bonds. The summed E-state index contributed by atoms with van der Waals surface area (Å²) in [5.74, 6) is 1.13. The Balaban J connectivity index is 0.00000274. The number of hydrogen-bond acceptors (Lipinski definition) is 4. The number of fused-ring (bicyclic) bond motifs is 1. The van der Waals surface area contributed by atoms with Crippen molar-refractivity contribution in [1.82, 2.24) is 15.1 Å². The third-order valence-electron chi connectivity index (χ3n) is 6.93. The van der Waals surface area contributed by atoms with Crippen LogP contribution in [0, 0.1) is 0 Å². The monoisotopic (exact) mass is 575 g/mol. The van der Waals surface area contributed by atoms with E-state index in [2.05, 4.69) is 62.6 Å². The van der Waals surface area contributed by atoms with Gasteiger partial charge in [0.05, 0.1) is 18.8 Å². The van der Waals surface area contributed by atoms with Crippen molar-refractivity contribution in [2.24, 2.45) is 4.99 Å². The van der Waals surface area contributed by atoms with Crippen LogP contribution in [0.3, 0.4) is 0 Å². The zero-order chi connectivity index (χ0) is 22.6. The maximum atomic E-state index is 12.0. The molecule has 3 aliphatic heterocycles. The van der Waals surface area contributed by atoms with Crippen LogP contribution in [-0.4, -0.2) is 73.6 Å². The molecule has 7 nitrogen and oxygen atoms in total. The lowest BCUT2D eigenvalue weighted by Crippen LogP contribution is -2.50. The molecule has 2 atom stereocenters. The van der Waals surface area contributed by atoms with Gasteiger partial charge in [-0.05, 0) is 29.7 Å². The summed E-state index contributed by atoms with van der Waals surface area (Å²) in [5.41, 5.74) is 3.51. The van der Waals surface area contributed by atoms with Crippen LogP contribution < -0.4 is 10.2 Å². The van der Waals surface area contributed by atoms with E-state index in [4.69, 9.17) is 4.74 Å². The van der Waals surface area contributed by atoms with Gasteiger partial charge in [-0.2, -0.15) is 0 Å². The van der Waals surface area contributed by atoms with Gasteiger partial charge in [-0.1, -0.05) is 42.5 Å². The molecule has 3 heterocycles. The van der Waals surface area contributed by atoms with Gasteiger partial charge in [0.25, 0.3) is 0 Å². The third-order valence-corrected chi connectivity index (χ3v) is 6.93. The average molecular weight is 575 g/mol. The number of likely N-dealkylation sites (tertiary alicyclic amines) is 1. The highest BCUT2D eigenvalue weighted by atomic mass is 127. The second-order valence-electron chi connectivity index (χ2n) is 9.05. The average Bonchev–Trinajstić information content (AvgIpc) is 3.47. The number of rotatable bonds is 5. The molecule has 1 N–H and O–H groups in total. The summed E-state index contributed by atoms with van der Waals surface area (Å²) >= 11 is 0. The molecule has 34 heavy (non-hydrogen) atoms. The molecule has 0 radical (unpaired) electrons. The first-order valence-electron chi connectivity index (χ1n) is 12.0. The molecule has 0 spiro atoms. The molecule has 5 rings (SSSR count). The number of halogens is 1. The van der Waals surface area contributed by atoms with Crippen molar-refractivity contribution in [2.75, 3.05) is 44.7 Å². The van der Waals surface area contributed by atoms with Crippen LogP contribution in [0.25, 0.3) is 0 Å². The molecule has 3 saturated heterocycles. The fourth-order valence-electron chi connectivity index (χ4n) is 5.17. The lowest BCUT2D eigenvalue weighted by molar-refractivity contribution is -0.117. The fraction of sp³-hybridized carbons (Fsp3) is 0.462. The summed E-state index contributed by atoms with van der Waals surface area (Å²) in [6.45, 7) is 5.97. The number of hydrogen-bond donors (Lipinski definition) is 1. The molecule has 2 unspecified atom stereocenters. The Labute approximate surface area is 219 Å². The van der Waals surface area contributed by atoms with Gasteiger partial charge in [0.1, 0.15) is 0 Å². The summed E-state index contributed by atoms with van der Waals surface area (Å²) < 4.78 is 6.13. The van der Waals surface area contributed by atoms with Gasteiger partial charge in [0.15, 0.2) is 5.96 Å². The van der Waals surface area contributed by atoms with Gasteiger partial charge in [-0.3, -0.25) is 14.7 Å². The number of guanidine groups is 1. The zero-order valence-corrected chi connectivity index (χ0v) is 22.1. The van der Waals surface area contributed by atoms with Gasteiger partial charge in [-0.25, -0.2) is 0 Å². The van der Waals surface area contributed by atoms with Crippen molar-refractivity contribution in [3.8, 4) is 0 Å². The molecule has 2 aromatic rings. The lowest BCUT2D eigenvalue weighted by Gasteiger charge is -2.36. The number of aliphatic imine (C=N–C) groups is 1. The summed E-state index contributed by atoms with van der Waals surface area (Å²) in [6, 6.07) is 19.3. The van der Waals surface area contributed by atoms with Crippen LogP contribution in [0.1, 0.15) is 24.0 Å². The van der Waals surface area contributed by atoms with Crippen LogP contribution in [-0.2, 0) is 22.6 Å². The van der Waals surface area contributed by atoms with E-state index in [-0.39, 0.29) is 36.0 Å². The Morgan fingerprint density at radius 3 is 2.56 bits per heavy atom. The normalized spacial score (nSPS) is 23.1. The number of anilines is 1. The molecule has 0 bridgehead atoms. The first-order valence-corrected chi connectivity index (χ1v) is 12.0. The van der Waals surface area contributed by atoms with Crippen LogP contribution in [0.15, 0.2) is 59.6 Å². The number of nitrogens with one attached hydrogen (secondary N) is 1. The molecular weight excluding hydrogens is 541 g/mol. The van der Waals surface area contributed by atoms with Gasteiger partial charge in [0.2, 0.25) is 5.91 Å². The number of carbonyl (C=O) groups excluding carboxylic acids is 1. The van der Waals surface area contributed by atoms with Crippen molar-refractivity contribution < 1.29 is 9.53 Å². The zero-order valence-electron chi connectivity index (χ0n) is 19.7. The maximum Gasteiger partial charge on any atom is 0.227 e. The number of morpholine rings is 1. The van der Waals surface area contributed by atoms with E-state index in [9.17, 15) is 4.79 Å². The summed E-state index contributed by atoms with van der Waals surface area (Å²) in [7, 11) is 1.84. The topological polar surface area (TPSA) is 60.4 Å². The molecular formula is C26H34IN5O2. The Hall–Kier alpha value is -2.17. The van der Waals surface area contributed by atoms with Crippen molar-refractivity contribution >= 4 is 41.5 Å². The Bertz CT molecular complexity index is 984. The Kier molecular flexibility index (Phi) is 8.44. The molecule has 0 aliphatic carbocycles. The maximum absolute atomic E-state index is 12.0. The smallest absolute Gasteiger partial charge is 0.227 e. The number of carbonyl (C=O) groups is 1. The quantitative estimate of drug-likeness (QED) is 0.338. The van der Waals surface area contributed by atoms with E-state index < -0.39 is 0 Å². The summed E-state index contributed by atoms with van der Waals surface area (Å²) in [6.07, 6.45) is 1.81. The van der Waals surface area contributed by atoms with Crippen LogP contribution in [0.2, 0.25) is 0 Å². The summed E-state index contributed by atoms with van der Waals surface area (Å²) in [5, 5.41) is 3.52. The first kappa shape index (κ1) is 24.9. The predicted octanol–water partition coefficient (Wildman–Crippen LogP) is 3.09. The van der Waals surface area contributed by atoms with Crippen LogP contribution >= 0.6 is 24.0 Å². The highest BCUT2D eigenvalue weighted by Gasteiger charge is 2.41. The third kappa shape index (κ3) is 5.55. The highest BCUT2D eigenvalue weighted by molar-refractivity contribution is 14.0. The second kappa shape index (κ2) is 11.5. The molecule has 182 valence electrons. The highest BCUT2D eigenvalue weighted by Crippen LogP contribution is 2.25. The standard InChI is InChI=1S/C26H33N5O2.HI/c1-27-26(28-16-20-9-11-22(12-10-20)31-13-5-8-25(31)32)30-18-23-24(19-30)33-15-14-29(23)17-21-6-3-2-4-7-21;/h2-4,6-7,9-12,23-24H,5,8,13-19H2,1H3,(H,27,28);1H. The minimum atomic E-state index is 0. The molecule has 0 saturated carbocycles. The van der Waals surface area contributed by atoms with E-state index in [0.29, 0.717) is 19.0 Å².